The minimum absolute atomic E-state index is 0.00868. The summed E-state index contributed by atoms with van der Waals surface area (Å²) >= 11 is 0. The molecule has 1 saturated carbocycles. The van der Waals surface area contributed by atoms with Gasteiger partial charge in [-0.05, 0) is 25.0 Å². The predicted octanol–water partition coefficient (Wildman–Crippen LogP) is 2.90. The van der Waals surface area contributed by atoms with Gasteiger partial charge in [-0.1, -0.05) is 19.3 Å². The number of nitrogens with zero attached hydrogens (tertiary/aromatic N) is 1. The van der Waals surface area contributed by atoms with Crippen LogP contribution >= 0.6 is 0 Å². The first-order chi connectivity index (χ1) is 12.0. The van der Waals surface area contributed by atoms with Crippen LogP contribution in [0.3, 0.4) is 0 Å². The lowest BCUT2D eigenvalue weighted by Gasteiger charge is -2.25. The molecule has 0 heterocycles. The van der Waals surface area contributed by atoms with Gasteiger partial charge in [-0.15, -0.1) is 0 Å². The lowest BCUT2D eigenvalue weighted by atomic mass is 9.95. The number of carbonyl (C=O) groups is 2. The van der Waals surface area contributed by atoms with Crippen LogP contribution in [0.1, 0.15) is 45.4 Å². The molecule has 0 aromatic heterocycles. The highest BCUT2D eigenvalue weighted by molar-refractivity contribution is 5.94. The van der Waals surface area contributed by atoms with Crippen LogP contribution in [0, 0.1) is 0 Å². The molecular weight excluding hydrogens is 320 g/mol. The molecule has 6 nitrogen and oxygen atoms in total. The smallest absolute Gasteiger partial charge is 0.223 e. The molecule has 0 bridgehead atoms. The predicted molar refractivity (Wildman–Crippen MR) is 97.2 cm³/mol. The number of hydrogen-bond donors (Lipinski definition) is 1. The Morgan fingerprint density at radius 1 is 1.16 bits per heavy atom. The molecule has 0 aliphatic heterocycles. The molecule has 0 unspecified atom stereocenters. The van der Waals surface area contributed by atoms with Crippen molar-refractivity contribution in [3.8, 4) is 11.5 Å². The average Bonchev–Trinajstić information content (AvgIpc) is 2.62. The molecule has 0 atom stereocenters. The van der Waals surface area contributed by atoms with Gasteiger partial charge < -0.3 is 19.7 Å². The number of carbonyl (C=O) groups excluding carboxylic acids is 2. The van der Waals surface area contributed by atoms with E-state index in [1.807, 2.05) is 0 Å². The molecule has 0 saturated heterocycles. The summed E-state index contributed by atoms with van der Waals surface area (Å²) in [6.07, 6.45) is 5.97. The Morgan fingerprint density at radius 3 is 2.48 bits per heavy atom. The van der Waals surface area contributed by atoms with Crippen molar-refractivity contribution < 1.29 is 19.1 Å². The second kappa shape index (κ2) is 9.30. The molecule has 1 aromatic carbocycles. The minimum atomic E-state index is -0.131. The summed E-state index contributed by atoms with van der Waals surface area (Å²) in [6, 6.07) is 5.56. The van der Waals surface area contributed by atoms with Gasteiger partial charge in [0.05, 0.1) is 19.9 Å². The van der Waals surface area contributed by atoms with Crippen LogP contribution in [0.25, 0.3) is 0 Å². The first-order valence-corrected chi connectivity index (χ1v) is 8.84. The quantitative estimate of drug-likeness (QED) is 0.823. The number of benzene rings is 1. The second-order valence-corrected chi connectivity index (χ2v) is 6.36. The number of amides is 2. The number of rotatable bonds is 7. The summed E-state index contributed by atoms with van der Waals surface area (Å²) in [5, 5.41) is 3.08. The maximum absolute atomic E-state index is 12.2. The fourth-order valence-electron chi connectivity index (χ4n) is 3.22. The number of nitrogens with one attached hydrogen (secondary N) is 1. The van der Waals surface area contributed by atoms with Crippen LogP contribution in [-0.4, -0.2) is 38.6 Å². The van der Waals surface area contributed by atoms with Gasteiger partial charge in [0.15, 0.2) is 0 Å². The van der Waals surface area contributed by atoms with Crippen molar-refractivity contribution in [2.24, 2.45) is 0 Å². The number of anilines is 1. The van der Waals surface area contributed by atoms with Crippen molar-refractivity contribution in [1.29, 1.82) is 0 Å². The number of hydrogen-bond acceptors (Lipinski definition) is 4. The third kappa shape index (κ3) is 5.37. The molecule has 1 aliphatic rings. The Hall–Kier alpha value is -2.24. The zero-order valence-electron chi connectivity index (χ0n) is 15.3. The SMILES string of the molecule is COc1ccc(N(CCC(=O)NC2CCCCC2)C(C)=O)c(OC)c1. The number of ether oxygens (including phenoxy) is 2. The van der Waals surface area contributed by atoms with Crippen molar-refractivity contribution in [3.05, 3.63) is 18.2 Å². The fraction of sp³-hybridized carbons (Fsp3) is 0.579. The van der Waals surface area contributed by atoms with Gasteiger partial charge in [0.2, 0.25) is 11.8 Å². The van der Waals surface area contributed by atoms with Crippen LogP contribution in [0.15, 0.2) is 18.2 Å². The Morgan fingerprint density at radius 2 is 1.88 bits per heavy atom. The van der Waals surface area contributed by atoms with Gasteiger partial charge in [0.1, 0.15) is 11.5 Å². The zero-order valence-corrected chi connectivity index (χ0v) is 15.3. The Bertz CT molecular complexity index is 597. The highest BCUT2D eigenvalue weighted by Gasteiger charge is 2.20. The molecule has 1 aliphatic carbocycles. The highest BCUT2D eigenvalue weighted by Crippen LogP contribution is 2.32. The number of methoxy groups -OCH3 is 2. The van der Waals surface area contributed by atoms with Gasteiger partial charge in [0, 0.05) is 32.0 Å². The molecule has 0 spiro atoms. The molecule has 25 heavy (non-hydrogen) atoms. The second-order valence-electron chi connectivity index (χ2n) is 6.36. The molecule has 1 fully saturated rings. The fourth-order valence-corrected chi connectivity index (χ4v) is 3.22. The van der Waals surface area contributed by atoms with E-state index in [1.54, 1.807) is 37.3 Å². The van der Waals surface area contributed by atoms with Crippen LogP contribution in [-0.2, 0) is 9.59 Å². The maximum atomic E-state index is 12.2. The van der Waals surface area contributed by atoms with Crippen molar-refractivity contribution in [3.63, 3.8) is 0 Å². The first-order valence-electron chi connectivity index (χ1n) is 8.84. The monoisotopic (exact) mass is 348 g/mol. The van der Waals surface area contributed by atoms with Gasteiger partial charge in [-0.2, -0.15) is 0 Å². The summed E-state index contributed by atoms with van der Waals surface area (Å²) in [4.78, 5) is 25.9. The molecule has 1 aromatic rings. The lowest BCUT2D eigenvalue weighted by Crippen LogP contribution is -2.39. The van der Waals surface area contributed by atoms with E-state index >= 15 is 0 Å². The maximum Gasteiger partial charge on any atom is 0.223 e. The normalized spacial score (nSPS) is 14.7. The van der Waals surface area contributed by atoms with Gasteiger partial charge in [-0.3, -0.25) is 9.59 Å². The molecule has 1 N–H and O–H groups in total. The molecule has 138 valence electrons. The van der Waals surface area contributed by atoms with Crippen LogP contribution in [0.4, 0.5) is 5.69 Å². The van der Waals surface area contributed by atoms with E-state index in [9.17, 15) is 9.59 Å². The minimum Gasteiger partial charge on any atom is -0.497 e. The van der Waals surface area contributed by atoms with Crippen LogP contribution in [0.2, 0.25) is 0 Å². The summed E-state index contributed by atoms with van der Waals surface area (Å²) < 4.78 is 10.6. The molecule has 2 amide bonds. The summed E-state index contributed by atoms with van der Waals surface area (Å²) in [5.74, 6) is 1.06. The Balaban J connectivity index is 2.01. The average molecular weight is 348 g/mol. The van der Waals surface area contributed by atoms with Crippen molar-refractivity contribution in [2.45, 2.75) is 51.5 Å². The first kappa shape index (κ1) is 19.1. The van der Waals surface area contributed by atoms with E-state index in [0.29, 0.717) is 23.7 Å². The van der Waals surface area contributed by atoms with E-state index in [4.69, 9.17) is 9.47 Å². The van der Waals surface area contributed by atoms with Crippen LogP contribution < -0.4 is 19.7 Å². The Kier molecular flexibility index (Phi) is 7.10. The van der Waals surface area contributed by atoms with E-state index < -0.39 is 0 Å². The summed E-state index contributed by atoms with van der Waals surface area (Å²) in [7, 11) is 3.12. The standard InChI is InChI=1S/C19H28N2O4/c1-14(22)21(17-10-9-16(24-2)13-18(17)25-3)12-11-19(23)20-15-7-5-4-6-8-15/h9-10,13,15H,4-8,11-12H2,1-3H3,(H,20,23). The summed E-state index contributed by atoms with van der Waals surface area (Å²) in [6.45, 7) is 1.80. The van der Waals surface area contributed by atoms with Crippen LogP contribution in [0.5, 0.6) is 11.5 Å². The molecule has 6 heteroatoms. The van der Waals surface area contributed by atoms with Gasteiger partial charge in [0.25, 0.3) is 0 Å². The van der Waals surface area contributed by atoms with E-state index in [-0.39, 0.29) is 24.3 Å². The largest absolute Gasteiger partial charge is 0.497 e. The lowest BCUT2D eigenvalue weighted by molar-refractivity contribution is -0.121. The van der Waals surface area contributed by atoms with Crippen molar-refractivity contribution >= 4 is 17.5 Å². The van der Waals surface area contributed by atoms with Gasteiger partial charge in [-0.25, -0.2) is 0 Å². The van der Waals surface area contributed by atoms with E-state index in [0.717, 1.165) is 12.8 Å². The zero-order chi connectivity index (χ0) is 18.2. The van der Waals surface area contributed by atoms with Crippen molar-refractivity contribution in [2.75, 3.05) is 25.7 Å². The van der Waals surface area contributed by atoms with Gasteiger partial charge >= 0.3 is 0 Å². The third-order valence-corrected chi connectivity index (χ3v) is 4.59. The topological polar surface area (TPSA) is 67.9 Å². The van der Waals surface area contributed by atoms with Crippen molar-refractivity contribution in [1.82, 2.24) is 5.32 Å². The molecule has 0 radical (unpaired) electrons. The highest BCUT2D eigenvalue weighted by atomic mass is 16.5. The van der Waals surface area contributed by atoms with E-state index in [1.165, 1.54) is 26.2 Å². The summed E-state index contributed by atoms with van der Waals surface area (Å²) in [5.41, 5.74) is 0.640. The third-order valence-electron chi connectivity index (χ3n) is 4.59. The van der Waals surface area contributed by atoms with E-state index in [2.05, 4.69) is 5.32 Å². The molecular formula is C19H28N2O4. The molecule has 2 rings (SSSR count). The Labute approximate surface area is 149 Å².